The maximum absolute atomic E-state index is 13.4. The number of nitrogens with zero attached hydrogens (tertiary/aromatic N) is 2. The number of anilines is 2. The number of nitrogen functional groups attached to an aromatic ring is 1. The summed E-state index contributed by atoms with van der Waals surface area (Å²) < 4.78 is 23.8. The minimum absolute atomic E-state index is 0.0150. The summed E-state index contributed by atoms with van der Waals surface area (Å²) in [6, 6.07) is 5.42. The first-order valence-corrected chi connectivity index (χ1v) is 5.87. The molecule has 2 rings (SSSR count). The fourth-order valence-corrected chi connectivity index (χ4v) is 1.68. The summed E-state index contributed by atoms with van der Waals surface area (Å²) >= 11 is 0. The number of aromatic nitrogens is 2. The molecule has 1 aromatic carbocycles. The normalized spacial score (nSPS) is 10.2. The van der Waals surface area contributed by atoms with Gasteiger partial charge < -0.3 is 20.5 Å². The molecule has 0 unspecified atom stereocenters. The minimum atomic E-state index is -0.556. The molecule has 0 bridgehead atoms. The molecule has 7 heteroatoms. The second-order valence-electron chi connectivity index (χ2n) is 3.97. The molecule has 1 heterocycles. The molecule has 0 amide bonds. The van der Waals surface area contributed by atoms with Crippen LogP contribution in [-0.4, -0.2) is 24.2 Å². The summed E-state index contributed by atoms with van der Waals surface area (Å²) in [5.74, 6) is 0.761. The molecule has 0 aliphatic carbocycles. The third-order valence-electron chi connectivity index (χ3n) is 2.67. The van der Waals surface area contributed by atoms with Gasteiger partial charge in [-0.3, -0.25) is 0 Å². The molecular weight excluding hydrogens is 263 g/mol. The van der Waals surface area contributed by atoms with Crippen LogP contribution < -0.4 is 20.5 Å². The van der Waals surface area contributed by atoms with Crippen molar-refractivity contribution < 1.29 is 13.9 Å². The number of benzene rings is 1. The van der Waals surface area contributed by atoms with Crippen LogP contribution in [0.2, 0.25) is 0 Å². The largest absolute Gasteiger partial charge is 0.493 e. The monoisotopic (exact) mass is 278 g/mol. The Morgan fingerprint density at radius 3 is 2.70 bits per heavy atom. The molecule has 0 saturated carbocycles. The highest BCUT2D eigenvalue weighted by molar-refractivity contribution is 5.45. The summed E-state index contributed by atoms with van der Waals surface area (Å²) in [5, 5.41) is 2.86. The third-order valence-corrected chi connectivity index (χ3v) is 2.67. The van der Waals surface area contributed by atoms with Gasteiger partial charge in [-0.15, -0.1) is 0 Å². The second-order valence-corrected chi connectivity index (χ2v) is 3.97. The van der Waals surface area contributed by atoms with Crippen molar-refractivity contribution in [3.63, 3.8) is 0 Å². The first kappa shape index (κ1) is 13.9. The zero-order chi connectivity index (χ0) is 14.5. The van der Waals surface area contributed by atoms with E-state index in [0.717, 1.165) is 11.8 Å². The molecule has 2 aromatic rings. The standard InChI is InChI=1S/C13H15FN4O2/c1-19-10-4-3-8(5-11(10)20-2)6-16-12-9(14)7-17-13(15)18-12/h3-5,7H,6H2,1-2H3,(H3,15,16,17,18). The Bertz CT molecular complexity index is 607. The van der Waals surface area contributed by atoms with Gasteiger partial charge in [-0.1, -0.05) is 6.07 Å². The van der Waals surface area contributed by atoms with E-state index in [1.165, 1.54) is 0 Å². The van der Waals surface area contributed by atoms with Crippen LogP contribution in [0, 0.1) is 5.82 Å². The highest BCUT2D eigenvalue weighted by Crippen LogP contribution is 2.27. The smallest absolute Gasteiger partial charge is 0.222 e. The van der Waals surface area contributed by atoms with Crippen LogP contribution in [0.1, 0.15) is 5.56 Å². The first-order chi connectivity index (χ1) is 9.63. The van der Waals surface area contributed by atoms with Crippen LogP contribution in [0.3, 0.4) is 0 Å². The van der Waals surface area contributed by atoms with E-state index >= 15 is 0 Å². The number of hydrogen-bond acceptors (Lipinski definition) is 6. The zero-order valence-electron chi connectivity index (χ0n) is 11.2. The molecule has 1 aromatic heterocycles. The van der Waals surface area contributed by atoms with Gasteiger partial charge in [0.2, 0.25) is 5.95 Å². The third kappa shape index (κ3) is 3.05. The van der Waals surface area contributed by atoms with E-state index in [9.17, 15) is 4.39 Å². The van der Waals surface area contributed by atoms with Crippen molar-refractivity contribution in [2.45, 2.75) is 6.54 Å². The number of halogens is 1. The number of hydrogen-bond donors (Lipinski definition) is 2. The van der Waals surface area contributed by atoms with Crippen molar-refractivity contribution in [3.05, 3.63) is 35.8 Å². The van der Waals surface area contributed by atoms with E-state index in [0.29, 0.717) is 18.0 Å². The van der Waals surface area contributed by atoms with Gasteiger partial charge in [0.25, 0.3) is 0 Å². The topological polar surface area (TPSA) is 82.3 Å². The lowest BCUT2D eigenvalue weighted by atomic mass is 10.2. The highest BCUT2D eigenvalue weighted by Gasteiger charge is 2.07. The molecule has 0 spiro atoms. The van der Waals surface area contributed by atoms with E-state index in [2.05, 4.69) is 15.3 Å². The summed E-state index contributed by atoms with van der Waals surface area (Å²) in [6.07, 6.45) is 1.03. The quantitative estimate of drug-likeness (QED) is 0.868. The Balaban J connectivity index is 2.12. The SMILES string of the molecule is COc1ccc(CNc2nc(N)ncc2F)cc1OC. The average molecular weight is 278 g/mol. The molecule has 106 valence electrons. The lowest BCUT2D eigenvalue weighted by molar-refractivity contribution is 0.354. The maximum atomic E-state index is 13.4. The predicted molar refractivity (Wildman–Crippen MR) is 73.3 cm³/mol. The van der Waals surface area contributed by atoms with Crippen molar-refractivity contribution in [2.75, 3.05) is 25.3 Å². The van der Waals surface area contributed by atoms with E-state index in [1.807, 2.05) is 6.07 Å². The van der Waals surface area contributed by atoms with Crippen molar-refractivity contribution >= 4 is 11.8 Å². The Kier molecular flexibility index (Phi) is 4.19. The molecule has 0 radical (unpaired) electrons. The second kappa shape index (κ2) is 6.05. The van der Waals surface area contributed by atoms with Gasteiger partial charge in [-0.25, -0.2) is 9.37 Å². The molecule has 6 nitrogen and oxygen atoms in total. The molecule has 0 saturated heterocycles. The molecule has 20 heavy (non-hydrogen) atoms. The van der Waals surface area contributed by atoms with Gasteiger partial charge in [-0.05, 0) is 17.7 Å². The Morgan fingerprint density at radius 2 is 2.00 bits per heavy atom. The van der Waals surface area contributed by atoms with Gasteiger partial charge in [0, 0.05) is 6.54 Å². The van der Waals surface area contributed by atoms with Gasteiger partial charge in [0.05, 0.1) is 20.4 Å². The lowest BCUT2D eigenvalue weighted by Crippen LogP contribution is -2.06. The fourth-order valence-electron chi connectivity index (χ4n) is 1.68. The molecule has 0 fully saturated rings. The summed E-state index contributed by atoms with van der Waals surface area (Å²) in [5.41, 5.74) is 6.30. The van der Waals surface area contributed by atoms with Crippen LogP contribution in [0.15, 0.2) is 24.4 Å². The van der Waals surface area contributed by atoms with Crippen LogP contribution >= 0.6 is 0 Å². The highest BCUT2D eigenvalue weighted by atomic mass is 19.1. The van der Waals surface area contributed by atoms with Crippen LogP contribution in [0.25, 0.3) is 0 Å². The lowest BCUT2D eigenvalue weighted by Gasteiger charge is -2.11. The van der Waals surface area contributed by atoms with Gasteiger partial charge in [0.1, 0.15) is 0 Å². The van der Waals surface area contributed by atoms with Crippen molar-refractivity contribution in [1.82, 2.24) is 9.97 Å². The number of nitrogens with two attached hydrogens (primary N) is 1. The molecule has 3 N–H and O–H groups in total. The van der Waals surface area contributed by atoms with E-state index in [-0.39, 0.29) is 11.8 Å². The summed E-state index contributed by atoms with van der Waals surface area (Å²) in [6.45, 7) is 0.369. The Morgan fingerprint density at radius 1 is 1.25 bits per heavy atom. The van der Waals surface area contributed by atoms with Gasteiger partial charge in [0.15, 0.2) is 23.1 Å². The van der Waals surface area contributed by atoms with Crippen LogP contribution in [0.4, 0.5) is 16.2 Å². The van der Waals surface area contributed by atoms with Crippen molar-refractivity contribution in [2.24, 2.45) is 0 Å². The Hall–Kier alpha value is -2.57. The van der Waals surface area contributed by atoms with Crippen molar-refractivity contribution in [3.8, 4) is 11.5 Å². The van der Waals surface area contributed by atoms with Crippen LogP contribution in [0.5, 0.6) is 11.5 Å². The minimum Gasteiger partial charge on any atom is -0.493 e. The van der Waals surface area contributed by atoms with E-state index < -0.39 is 5.82 Å². The van der Waals surface area contributed by atoms with E-state index in [1.54, 1.807) is 26.4 Å². The van der Waals surface area contributed by atoms with Gasteiger partial charge >= 0.3 is 0 Å². The summed E-state index contributed by atoms with van der Waals surface area (Å²) in [7, 11) is 3.12. The molecule has 0 aliphatic heterocycles. The number of methoxy groups -OCH3 is 2. The van der Waals surface area contributed by atoms with E-state index in [4.69, 9.17) is 15.2 Å². The average Bonchev–Trinajstić information content (AvgIpc) is 2.47. The summed E-state index contributed by atoms with van der Waals surface area (Å²) in [4.78, 5) is 7.35. The molecular formula is C13H15FN4O2. The van der Waals surface area contributed by atoms with Crippen molar-refractivity contribution in [1.29, 1.82) is 0 Å². The fraction of sp³-hybridized carbons (Fsp3) is 0.231. The number of rotatable bonds is 5. The molecule has 0 atom stereocenters. The van der Waals surface area contributed by atoms with Crippen LogP contribution in [-0.2, 0) is 6.54 Å². The predicted octanol–water partition coefficient (Wildman–Crippen LogP) is 1.83. The zero-order valence-corrected chi connectivity index (χ0v) is 11.2. The first-order valence-electron chi connectivity index (χ1n) is 5.87. The number of ether oxygens (including phenoxy) is 2. The molecule has 0 aliphatic rings. The maximum Gasteiger partial charge on any atom is 0.222 e. The van der Waals surface area contributed by atoms with Gasteiger partial charge in [-0.2, -0.15) is 4.98 Å². The number of nitrogens with one attached hydrogen (secondary N) is 1. The Labute approximate surface area is 115 Å².